The van der Waals surface area contributed by atoms with Crippen LogP contribution in [-0.4, -0.2) is 80.1 Å². The number of piperidine rings is 1. The van der Waals surface area contributed by atoms with Crippen LogP contribution >= 0.6 is 12.4 Å². The van der Waals surface area contributed by atoms with Crippen molar-refractivity contribution in [1.29, 1.82) is 0 Å². The van der Waals surface area contributed by atoms with E-state index in [1.807, 2.05) is 19.9 Å². The Morgan fingerprint density at radius 2 is 2.00 bits per heavy atom. The van der Waals surface area contributed by atoms with Crippen LogP contribution in [0.1, 0.15) is 50.1 Å². The van der Waals surface area contributed by atoms with Crippen LogP contribution in [0.25, 0.3) is 16.9 Å². The summed E-state index contributed by atoms with van der Waals surface area (Å²) >= 11 is 0. The first kappa shape index (κ1) is 24.6. The quantitative estimate of drug-likeness (QED) is 0.564. The third kappa shape index (κ3) is 4.54. The lowest BCUT2D eigenvalue weighted by Gasteiger charge is -2.42. The van der Waals surface area contributed by atoms with Gasteiger partial charge in [0, 0.05) is 36.9 Å². The maximum atomic E-state index is 14.7. The highest BCUT2D eigenvalue weighted by Crippen LogP contribution is 2.31. The highest BCUT2D eigenvalue weighted by molar-refractivity contribution is 5.85. The second kappa shape index (κ2) is 9.97. The van der Waals surface area contributed by atoms with Crippen LogP contribution in [0.15, 0.2) is 22.7 Å². The number of nitrogens with zero attached hydrogens (tertiary/aromatic N) is 6. The second-order valence-corrected chi connectivity index (χ2v) is 9.42. The van der Waals surface area contributed by atoms with Gasteiger partial charge in [-0.3, -0.25) is 4.79 Å². The summed E-state index contributed by atoms with van der Waals surface area (Å²) in [6, 6.07) is 4.98. The minimum atomic E-state index is -0.413. The molecule has 0 saturated carbocycles. The van der Waals surface area contributed by atoms with Crippen LogP contribution in [0.3, 0.4) is 0 Å². The van der Waals surface area contributed by atoms with Gasteiger partial charge in [-0.15, -0.1) is 12.4 Å². The van der Waals surface area contributed by atoms with Crippen molar-refractivity contribution in [2.75, 3.05) is 39.3 Å². The maximum Gasteiger partial charge on any atom is 0.291 e. The van der Waals surface area contributed by atoms with Crippen LogP contribution in [0.5, 0.6) is 0 Å². The number of amides is 1. The van der Waals surface area contributed by atoms with E-state index in [1.54, 1.807) is 11.0 Å². The van der Waals surface area contributed by atoms with Crippen LogP contribution < -0.4 is 0 Å². The van der Waals surface area contributed by atoms with E-state index >= 15 is 0 Å². The topological polar surface area (TPSA) is 101 Å². The number of likely N-dealkylation sites (tertiary alicyclic amines) is 2. The van der Waals surface area contributed by atoms with Crippen molar-refractivity contribution < 1.29 is 18.8 Å². The predicted octanol–water partition coefficient (Wildman–Crippen LogP) is 2.72. The fourth-order valence-electron chi connectivity index (χ4n) is 4.92. The summed E-state index contributed by atoms with van der Waals surface area (Å²) < 4.78 is 21.7. The monoisotopic (exact) mass is 492 g/mol. The Labute approximate surface area is 203 Å². The number of halogens is 2. The molecule has 184 valence electrons. The number of aliphatic hydroxyl groups is 1. The molecule has 1 amide bonds. The summed E-state index contributed by atoms with van der Waals surface area (Å²) in [4.78, 5) is 20.2. The summed E-state index contributed by atoms with van der Waals surface area (Å²) in [6.07, 6.45) is 1.80. The summed E-state index contributed by atoms with van der Waals surface area (Å²) in [7, 11) is 0. The minimum absolute atomic E-state index is 0. The van der Waals surface area contributed by atoms with Gasteiger partial charge >= 0.3 is 0 Å². The van der Waals surface area contributed by atoms with Gasteiger partial charge in [0.1, 0.15) is 17.9 Å². The number of fused-ring (bicyclic) bond motifs is 1. The van der Waals surface area contributed by atoms with Crippen molar-refractivity contribution in [3.05, 3.63) is 35.6 Å². The van der Waals surface area contributed by atoms with E-state index in [-0.39, 0.29) is 41.9 Å². The van der Waals surface area contributed by atoms with E-state index in [9.17, 15) is 9.18 Å². The summed E-state index contributed by atoms with van der Waals surface area (Å²) in [6.45, 7) is 7.87. The zero-order valence-electron chi connectivity index (χ0n) is 19.4. The summed E-state index contributed by atoms with van der Waals surface area (Å²) in [5.41, 5.74) is 1.18. The Balaban J connectivity index is 0.00000274. The second-order valence-electron chi connectivity index (χ2n) is 9.42. The van der Waals surface area contributed by atoms with E-state index < -0.39 is 6.61 Å². The van der Waals surface area contributed by atoms with E-state index in [2.05, 4.69) is 20.1 Å². The molecule has 2 aromatic heterocycles. The Kier molecular flexibility index (Phi) is 7.20. The van der Waals surface area contributed by atoms with Crippen molar-refractivity contribution in [3.63, 3.8) is 0 Å². The molecule has 0 radical (unpaired) electrons. The molecule has 0 bridgehead atoms. The standard InChI is InChI=1S/C23H29FN6O3.ClH/c1-14(2)20-17-4-3-5-18(24)21(17)30(26-20)23-25-22(33-27-23)16-6-8-28(9-7-16)10-15-11-29(12-15)19(32)13-31;/h3-5,14-16,31H,6-13H2,1-2H3;1H. The molecule has 2 aliphatic rings. The average molecular weight is 493 g/mol. The number of hydrogen-bond donors (Lipinski definition) is 1. The Hall–Kier alpha value is -2.56. The number of rotatable bonds is 6. The molecular formula is C23H30ClFN6O3. The molecule has 2 fully saturated rings. The third-order valence-electron chi connectivity index (χ3n) is 6.75. The number of benzene rings is 1. The lowest BCUT2D eigenvalue weighted by Crippen LogP contribution is -2.55. The average Bonchev–Trinajstić information content (AvgIpc) is 3.42. The van der Waals surface area contributed by atoms with E-state index in [0.29, 0.717) is 17.3 Å². The Morgan fingerprint density at radius 3 is 2.68 bits per heavy atom. The molecule has 1 aromatic carbocycles. The SMILES string of the molecule is CC(C)c1nn(-c2noc(C3CCN(CC4CN(C(=O)CO)C4)CC3)n2)c2c(F)cccc12.Cl. The largest absolute Gasteiger partial charge is 0.387 e. The highest BCUT2D eigenvalue weighted by Gasteiger charge is 2.33. The number of para-hydroxylation sites is 1. The van der Waals surface area contributed by atoms with Gasteiger partial charge in [-0.2, -0.15) is 14.8 Å². The first-order valence-corrected chi connectivity index (χ1v) is 11.6. The first-order chi connectivity index (χ1) is 15.9. The smallest absolute Gasteiger partial charge is 0.291 e. The molecule has 0 atom stereocenters. The maximum absolute atomic E-state index is 14.7. The van der Waals surface area contributed by atoms with Gasteiger partial charge in [-0.25, -0.2) is 4.39 Å². The molecule has 2 aliphatic heterocycles. The predicted molar refractivity (Wildman–Crippen MR) is 126 cm³/mol. The molecule has 0 aliphatic carbocycles. The Morgan fingerprint density at radius 1 is 1.26 bits per heavy atom. The molecule has 2 saturated heterocycles. The van der Waals surface area contributed by atoms with Gasteiger partial charge in [0.15, 0.2) is 0 Å². The molecule has 11 heteroatoms. The lowest BCUT2D eigenvalue weighted by atomic mass is 9.94. The lowest BCUT2D eigenvalue weighted by molar-refractivity contribution is -0.141. The number of aromatic nitrogens is 4. The van der Waals surface area contributed by atoms with Crippen molar-refractivity contribution in [1.82, 2.24) is 29.7 Å². The van der Waals surface area contributed by atoms with Crippen LogP contribution in [0.4, 0.5) is 4.39 Å². The first-order valence-electron chi connectivity index (χ1n) is 11.6. The van der Waals surface area contributed by atoms with Gasteiger partial charge in [-0.1, -0.05) is 26.0 Å². The van der Waals surface area contributed by atoms with E-state index in [4.69, 9.17) is 9.63 Å². The van der Waals surface area contributed by atoms with Crippen molar-refractivity contribution in [2.45, 2.75) is 38.5 Å². The van der Waals surface area contributed by atoms with Crippen molar-refractivity contribution >= 4 is 29.2 Å². The zero-order valence-corrected chi connectivity index (χ0v) is 20.2. The number of carbonyl (C=O) groups is 1. The molecule has 34 heavy (non-hydrogen) atoms. The fraction of sp³-hybridized carbons (Fsp3) is 0.565. The molecule has 0 spiro atoms. The Bertz CT molecular complexity index is 1150. The van der Waals surface area contributed by atoms with E-state index in [1.165, 1.54) is 10.7 Å². The van der Waals surface area contributed by atoms with Crippen molar-refractivity contribution in [3.8, 4) is 5.95 Å². The molecule has 9 nitrogen and oxygen atoms in total. The highest BCUT2D eigenvalue weighted by atomic mass is 35.5. The van der Waals surface area contributed by atoms with E-state index in [0.717, 1.165) is 56.6 Å². The molecular weight excluding hydrogens is 463 g/mol. The molecule has 5 rings (SSSR count). The van der Waals surface area contributed by atoms with Crippen LogP contribution in [0, 0.1) is 11.7 Å². The van der Waals surface area contributed by atoms with Crippen molar-refractivity contribution in [2.24, 2.45) is 5.92 Å². The number of carbonyl (C=O) groups excluding carboxylic acids is 1. The van der Waals surface area contributed by atoms with Crippen LogP contribution in [-0.2, 0) is 4.79 Å². The van der Waals surface area contributed by atoms with Gasteiger partial charge in [0.2, 0.25) is 11.8 Å². The summed E-state index contributed by atoms with van der Waals surface area (Å²) in [5.74, 6) is 1.04. The third-order valence-corrected chi connectivity index (χ3v) is 6.75. The van der Waals surface area contributed by atoms with Gasteiger partial charge in [0.05, 0.1) is 5.69 Å². The minimum Gasteiger partial charge on any atom is -0.387 e. The normalized spacial score (nSPS) is 17.9. The van der Waals surface area contributed by atoms with Gasteiger partial charge in [-0.05, 0) is 43.1 Å². The molecule has 1 N–H and O–H groups in total. The fourth-order valence-corrected chi connectivity index (χ4v) is 4.92. The van der Waals surface area contributed by atoms with Gasteiger partial charge < -0.3 is 19.4 Å². The molecule has 3 aromatic rings. The van der Waals surface area contributed by atoms with Crippen LogP contribution in [0.2, 0.25) is 0 Å². The number of aliphatic hydroxyl groups excluding tert-OH is 1. The summed E-state index contributed by atoms with van der Waals surface area (Å²) in [5, 5.41) is 18.4. The molecule has 0 unspecified atom stereocenters. The van der Waals surface area contributed by atoms with Gasteiger partial charge in [0.25, 0.3) is 5.95 Å². The number of hydrogen-bond acceptors (Lipinski definition) is 7. The molecule has 4 heterocycles. The zero-order chi connectivity index (χ0) is 23.1.